The number of benzene rings is 1. The Hall–Kier alpha value is -0.360. The molecule has 1 heterocycles. The van der Waals surface area contributed by atoms with Gasteiger partial charge < -0.3 is 5.32 Å². The molecule has 1 N–H and O–H groups in total. The van der Waals surface area contributed by atoms with Crippen molar-refractivity contribution in [1.82, 2.24) is 10.3 Å². The monoisotopic (exact) mass is 370 g/mol. The molecule has 108 valence electrons. The van der Waals surface area contributed by atoms with Crippen LogP contribution in [0.25, 0.3) is 0 Å². The zero-order valence-electron chi connectivity index (χ0n) is 11.9. The van der Waals surface area contributed by atoms with Crippen molar-refractivity contribution in [2.75, 3.05) is 6.54 Å². The highest BCUT2D eigenvalue weighted by atomic mass is 79.9. The first-order valence-corrected chi connectivity index (χ1v) is 9.22. The molecule has 2 rings (SSSR count). The van der Waals surface area contributed by atoms with Crippen LogP contribution >= 0.6 is 39.0 Å². The summed E-state index contributed by atoms with van der Waals surface area (Å²) in [5, 5.41) is 5.60. The van der Waals surface area contributed by atoms with Gasteiger partial charge in [-0.25, -0.2) is 4.98 Å². The van der Waals surface area contributed by atoms with E-state index >= 15 is 0 Å². The van der Waals surface area contributed by atoms with Crippen molar-refractivity contribution in [1.29, 1.82) is 0 Å². The number of nitrogens with zero attached hydrogens (tertiary/aromatic N) is 1. The predicted molar refractivity (Wildman–Crippen MR) is 91.8 cm³/mol. The molecule has 0 spiro atoms. The van der Waals surface area contributed by atoms with Crippen molar-refractivity contribution in [3.05, 3.63) is 39.3 Å². The van der Waals surface area contributed by atoms with Gasteiger partial charge in [0.15, 0.2) is 4.34 Å². The second kappa shape index (κ2) is 7.59. The normalized spacial score (nSPS) is 12.6. The molecule has 0 aliphatic carbocycles. The standard InChI is InChI=1S/C15H19BrN2S2/c1-4-7-17-11(3)12-5-6-14(13(16)8-12)20-15-18-10(2)9-19-15/h5-6,8-9,11,17H,4,7H2,1-3H3. The van der Waals surface area contributed by atoms with Gasteiger partial charge in [-0.3, -0.25) is 0 Å². The fourth-order valence-electron chi connectivity index (χ4n) is 1.82. The van der Waals surface area contributed by atoms with Gasteiger partial charge in [-0.1, -0.05) is 24.8 Å². The number of hydrogen-bond donors (Lipinski definition) is 1. The summed E-state index contributed by atoms with van der Waals surface area (Å²) < 4.78 is 2.23. The number of aromatic nitrogens is 1. The topological polar surface area (TPSA) is 24.9 Å². The molecule has 2 nitrogen and oxygen atoms in total. The van der Waals surface area contributed by atoms with Crippen molar-refractivity contribution in [2.24, 2.45) is 0 Å². The third-order valence-electron chi connectivity index (χ3n) is 2.95. The van der Waals surface area contributed by atoms with Gasteiger partial charge in [0, 0.05) is 26.5 Å². The minimum absolute atomic E-state index is 0.382. The first kappa shape index (κ1) is 16.0. The summed E-state index contributed by atoms with van der Waals surface area (Å²) in [4.78, 5) is 5.71. The van der Waals surface area contributed by atoms with Gasteiger partial charge in [0.05, 0.1) is 0 Å². The zero-order chi connectivity index (χ0) is 14.5. The van der Waals surface area contributed by atoms with Crippen molar-refractivity contribution in [3.8, 4) is 0 Å². The maximum absolute atomic E-state index is 4.49. The third kappa shape index (κ3) is 4.32. The van der Waals surface area contributed by atoms with Crippen molar-refractivity contribution < 1.29 is 0 Å². The second-order valence-electron chi connectivity index (χ2n) is 4.72. The molecule has 20 heavy (non-hydrogen) atoms. The maximum Gasteiger partial charge on any atom is 0.154 e. The fourth-order valence-corrected chi connectivity index (χ4v) is 4.26. The summed E-state index contributed by atoms with van der Waals surface area (Å²) in [5.41, 5.74) is 2.40. The van der Waals surface area contributed by atoms with Crippen LogP contribution in [0.1, 0.15) is 37.6 Å². The zero-order valence-corrected chi connectivity index (χ0v) is 15.2. The Morgan fingerprint density at radius 1 is 1.45 bits per heavy atom. The van der Waals surface area contributed by atoms with Crippen LogP contribution in [0, 0.1) is 6.92 Å². The number of hydrogen-bond acceptors (Lipinski definition) is 4. The molecular formula is C15H19BrN2S2. The summed E-state index contributed by atoms with van der Waals surface area (Å²) in [6.45, 7) is 7.47. The molecule has 2 aromatic rings. The van der Waals surface area contributed by atoms with Crippen LogP contribution in [0.3, 0.4) is 0 Å². The van der Waals surface area contributed by atoms with E-state index in [0.29, 0.717) is 6.04 Å². The molecule has 0 saturated heterocycles. The van der Waals surface area contributed by atoms with Gasteiger partial charge >= 0.3 is 0 Å². The van der Waals surface area contributed by atoms with E-state index in [9.17, 15) is 0 Å². The van der Waals surface area contributed by atoms with E-state index in [1.54, 1.807) is 23.1 Å². The molecular weight excluding hydrogens is 352 g/mol. The van der Waals surface area contributed by atoms with Crippen LogP contribution < -0.4 is 5.32 Å². The Labute approximate surface area is 137 Å². The van der Waals surface area contributed by atoms with E-state index in [0.717, 1.165) is 27.5 Å². The largest absolute Gasteiger partial charge is 0.310 e. The minimum Gasteiger partial charge on any atom is -0.310 e. The lowest BCUT2D eigenvalue weighted by atomic mass is 10.1. The first-order valence-electron chi connectivity index (χ1n) is 6.73. The van der Waals surface area contributed by atoms with Crippen molar-refractivity contribution in [3.63, 3.8) is 0 Å². The van der Waals surface area contributed by atoms with Crippen LogP contribution in [0.15, 0.2) is 37.3 Å². The van der Waals surface area contributed by atoms with Crippen molar-refractivity contribution >= 4 is 39.0 Å². The molecule has 1 aromatic heterocycles. The molecule has 0 fully saturated rings. The Morgan fingerprint density at radius 3 is 2.85 bits per heavy atom. The average molecular weight is 371 g/mol. The third-order valence-corrected chi connectivity index (χ3v) is 6.00. The predicted octanol–water partition coefficient (Wildman–Crippen LogP) is 5.43. The highest BCUT2D eigenvalue weighted by molar-refractivity contribution is 9.10. The Morgan fingerprint density at radius 2 is 2.25 bits per heavy atom. The molecule has 0 radical (unpaired) electrons. The van der Waals surface area contributed by atoms with Crippen LogP contribution in [-0.4, -0.2) is 11.5 Å². The molecule has 0 amide bonds. The number of thiazole rings is 1. The lowest BCUT2D eigenvalue weighted by Gasteiger charge is -2.15. The smallest absolute Gasteiger partial charge is 0.154 e. The Bertz CT molecular complexity index is 569. The van der Waals surface area contributed by atoms with E-state index in [1.165, 1.54) is 10.5 Å². The van der Waals surface area contributed by atoms with Gasteiger partial charge in [0.1, 0.15) is 0 Å². The number of aryl methyl sites for hydroxylation is 1. The van der Waals surface area contributed by atoms with Crippen LogP contribution in [-0.2, 0) is 0 Å². The van der Waals surface area contributed by atoms with E-state index in [-0.39, 0.29) is 0 Å². The first-order chi connectivity index (χ1) is 9.60. The van der Waals surface area contributed by atoms with Gasteiger partial charge in [-0.05, 0) is 60.4 Å². The highest BCUT2D eigenvalue weighted by Gasteiger charge is 2.09. The van der Waals surface area contributed by atoms with Crippen LogP contribution in [0.5, 0.6) is 0 Å². The fraction of sp³-hybridized carbons (Fsp3) is 0.400. The van der Waals surface area contributed by atoms with E-state index in [1.807, 2.05) is 6.92 Å². The van der Waals surface area contributed by atoms with Crippen LogP contribution in [0.4, 0.5) is 0 Å². The maximum atomic E-state index is 4.49. The van der Waals surface area contributed by atoms with Gasteiger partial charge in [0.2, 0.25) is 0 Å². The lowest BCUT2D eigenvalue weighted by Crippen LogP contribution is -2.19. The number of nitrogens with one attached hydrogen (secondary N) is 1. The SMILES string of the molecule is CCCNC(C)c1ccc(Sc2nc(C)cs2)c(Br)c1. The van der Waals surface area contributed by atoms with Gasteiger partial charge in [-0.2, -0.15) is 0 Å². The molecule has 1 unspecified atom stereocenters. The Kier molecular flexibility index (Phi) is 6.08. The van der Waals surface area contributed by atoms with Crippen molar-refractivity contribution in [2.45, 2.75) is 42.5 Å². The van der Waals surface area contributed by atoms with Gasteiger partial charge in [0.25, 0.3) is 0 Å². The van der Waals surface area contributed by atoms with Crippen LogP contribution in [0.2, 0.25) is 0 Å². The molecule has 1 aromatic carbocycles. The molecule has 5 heteroatoms. The van der Waals surface area contributed by atoms with E-state index < -0.39 is 0 Å². The molecule has 1 atom stereocenters. The molecule has 0 bridgehead atoms. The minimum atomic E-state index is 0.382. The van der Waals surface area contributed by atoms with E-state index in [4.69, 9.17) is 0 Å². The summed E-state index contributed by atoms with van der Waals surface area (Å²) >= 11 is 7.08. The highest BCUT2D eigenvalue weighted by Crippen LogP contribution is 2.36. The molecule has 0 aliphatic rings. The summed E-state index contributed by atoms with van der Waals surface area (Å²) in [6.07, 6.45) is 1.16. The quantitative estimate of drug-likeness (QED) is 0.733. The van der Waals surface area contributed by atoms with Gasteiger partial charge in [-0.15, -0.1) is 11.3 Å². The average Bonchev–Trinajstić information content (AvgIpc) is 2.83. The summed E-state index contributed by atoms with van der Waals surface area (Å²) in [6, 6.07) is 6.95. The summed E-state index contributed by atoms with van der Waals surface area (Å²) in [5.74, 6) is 0. The number of halogens is 1. The molecule has 0 saturated carbocycles. The number of rotatable bonds is 6. The lowest BCUT2D eigenvalue weighted by molar-refractivity contribution is 0.570. The Balaban J connectivity index is 2.09. The summed E-state index contributed by atoms with van der Waals surface area (Å²) in [7, 11) is 0. The second-order valence-corrected chi connectivity index (χ2v) is 7.72. The molecule has 0 aliphatic heterocycles. The van der Waals surface area contributed by atoms with E-state index in [2.05, 4.69) is 63.7 Å².